The fourth-order valence-electron chi connectivity index (χ4n) is 3.16. The molecule has 0 amide bonds. The Morgan fingerprint density at radius 1 is 0.556 bits per heavy atom. The van der Waals surface area contributed by atoms with E-state index < -0.39 is 23.9 Å². The van der Waals surface area contributed by atoms with Crippen LogP contribution < -0.4 is 18.9 Å². The van der Waals surface area contributed by atoms with Crippen LogP contribution in [0.4, 0.5) is 0 Å². The predicted molar refractivity (Wildman–Crippen MR) is 168 cm³/mol. The van der Waals surface area contributed by atoms with E-state index in [1.807, 2.05) is 0 Å². The third-order valence-electron chi connectivity index (χ3n) is 5.50. The summed E-state index contributed by atoms with van der Waals surface area (Å²) in [7, 11) is 0. The number of benzene rings is 3. The van der Waals surface area contributed by atoms with Crippen molar-refractivity contribution in [2.75, 3.05) is 0 Å². The van der Waals surface area contributed by atoms with Crippen LogP contribution >= 0.6 is 0 Å². The standard InChI is InChI=1S/C37H28O8/c1-8-34(38)42-29-16-11-27(12-17-29)15-20-31-32(44-36(40)24(4)5)21-28(22-33(31)45-37(41)25(6)7)10-9-26-13-18-30(19-14-26)43-35(39)23(2)3/h8,11-14,16-19,21-22H,1-2,4,6H2,3,5,7H3. The van der Waals surface area contributed by atoms with Gasteiger partial charge in [-0.25, -0.2) is 19.2 Å². The summed E-state index contributed by atoms with van der Waals surface area (Å²) in [5, 5.41) is 0. The normalized spacial score (nSPS) is 9.58. The average molecular weight is 601 g/mol. The van der Waals surface area contributed by atoms with Gasteiger partial charge in [-0.1, -0.05) is 50.0 Å². The van der Waals surface area contributed by atoms with Crippen molar-refractivity contribution in [3.05, 3.63) is 132 Å². The lowest BCUT2D eigenvalue weighted by atomic mass is 10.1. The molecule has 45 heavy (non-hydrogen) atoms. The first-order chi connectivity index (χ1) is 21.4. The second kappa shape index (κ2) is 15.2. The molecule has 0 N–H and O–H groups in total. The highest BCUT2D eigenvalue weighted by Crippen LogP contribution is 2.31. The largest absolute Gasteiger partial charge is 0.423 e. The third-order valence-corrected chi connectivity index (χ3v) is 5.50. The number of esters is 4. The molecule has 0 heterocycles. The van der Waals surface area contributed by atoms with Gasteiger partial charge in [0.2, 0.25) is 0 Å². The number of hydrogen-bond acceptors (Lipinski definition) is 8. The van der Waals surface area contributed by atoms with Gasteiger partial charge in [-0.05, 0) is 81.4 Å². The number of carbonyl (C=O) groups is 4. The highest BCUT2D eigenvalue weighted by Gasteiger charge is 2.18. The Morgan fingerprint density at radius 2 is 0.933 bits per heavy atom. The van der Waals surface area contributed by atoms with E-state index in [0.717, 1.165) is 6.08 Å². The molecule has 0 aliphatic heterocycles. The van der Waals surface area contributed by atoms with Gasteiger partial charge in [-0.3, -0.25) is 0 Å². The lowest BCUT2D eigenvalue weighted by Crippen LogP contribution is -2.12. The molecule has 0 atom stereocenters. The molecular formula is C37H28O8. The van der Waals surface area contributed by atoms with E-state index in [1.165, 1.54) is 26.0 Å². The molecule has 0 saturated heterocycles. The summed E-state index contributed by atoms with van der Waals surface area (Å²) < 4.78 is 21.4. The van der Waals surface area contributed by atoms with Crippen LogP contribution in [0.2, 0.25) is 0 Å². The van der Waals surface area contributed by atoms with Gasteiger partial charge in [0.1, 0.15) is 17.1 Å². The Balaban J connectivity index is 2.07. The lowest BCUT2D eigenvalue weighted by molar-refractivity contribution is -0.131. The van der Waals surface area contributed by atoms with Crippen molar-refractivity contribution < 1.29 is 38.1 Å². The minimum atomic E-state index is -0.728. The van der Waals surface area contributed by atoms with Gasteiger partial charge >= 0.3 is 23.9 Å². The van der Waals surface area contributed by atoms with Crippen LogP contribution in [0.3, 0.4) is 0 Å². The Morgan fingerprint density at radius 3 is 1.36 bits per heavy atom. The first-order valence-corrected chi connectivity index (χ1v) is 13.3. The van der Waals surface area contributed by atoms with E-state index in [-0.39, 0.29) is 33.8 Å². The smallest absolute Gasteiger partial charge is 0.338 e. The van der Waals surface area contributed by atoms with Crippen LogP contribution in [0.15, 0.2) is 110 Å². The van der Waals surface area contributed by atoms with Crippen molar-refractivity contribution in [3.63, 3.8) is 0 Å². The van der Waals surface area contributed by atoms with Crippen LogP contribution in [-0.4, -0.2) is 23.9 Å². The summed E-state index contributed by atoms with van der Waals surface area (Å²) in [5.41, 5.74) is 2.05. The zero-order chi connectivity index (χ0) is 33.1. The topological polar surface area (TPSA) is 105 Å². The maximum absolute atomic E-state index is 12.6. The Hall–Kier alpha value is -6.38. The third kappa shape index (κ3) is 9.85. The van der Waals surface area contributed by atoms with Gasteiger partial charge < -0.3 is 18.9 Å². The van der Waals surface area contributed by atoms with Gasteiger partial charge in [0.15, 0.2) is 11.5 Å². The number of hydrogen-bond donors (Lipinski definition) is 0. The van der Waals surface area contributed by atoms with Crippen molar-refractivity contribution in [2.45, 2.75) is 20.8 Å². The molecule has 0 aliphatic carbocycles. The van der Waals surface area contributed by atoms with Gasteiger partial charge in [0.05, 0.1) is 0 Å². The molecule has 0 bridgehead atoms. The van der Waals surface area contributed by atoms with E-state index in [9.17, 15) is 19.2 Å². The van der Waals surface area contributed by atoms with E-state index in [1.54, 1.807) is 55.5 Å². The van der Waals surface area contributed by atoms with Gasteiger partial charge in [0, 0.05) is 39.5 Å². The first-order valence-electron chi connectivity index (χ1n) is 13.3. The molecule has 3 aromatic rings. The fourth-order valence-corrected chi connectivity index (χ4v) is 3.16. The molecule has 0 fully saturated rings. The van der Waals surface area contributed by atoms with Crippen molar-refractivity contribution in [1.82, 2.24) is 0 Å². The van der Waals surface area contributed by atoms with E-state index in [0.29, 0.717) is 28.2 Å². The average Bonchev–Trinajstić information content (AvgIpc) is 3.00. The summed E-state index contributed by atoms with van der Waals surface area (Å²) in [6.07, 6.45) is 1.05. The zero-order valence-corrected chi connectivity index (χ0v) is 24.9. The Labute approximate surface area is 261 Å². The predicted octanol–water partition coefficient (Wildman–Crippen LogP) is 6.02. The first kappa shape index (κ1) is 33.1. The van der Waals surface area contributed by atoms with Crippen LogP contribution in [-0.2, 0) is 19.2 Å². The second-order valence-electron chi connectivity index (χ2n) is 9.53. The molecule has 8 heteroatoms. The van der Waals surface area contributed by atoms with Crippen molar-refractivity contribution in [3.8, 4) is 46.7 Å². The van der Waals surface area contributed by atoms with Crippen molar-refractivity contribution >= 4 is 23.9 Å². The molecule has 0 unspecified atom stereocenters. The van der Waals surface area contributed by atoms with E-state index in [4.69, 9.17) is 18.9 Å². The summed E-state index contributed by atoms with van der Waals surface area (Å²) in [4.78, 5) is 48.3. The van der Waals surface area contributed by atoms with Gasteiger partial charge in [-0.15, -0.1) is 0 Å². The lowest BCUT2D eigenvalue weighted by Gasteiger charge is -2.12. The van der Waals surface area contributed by atoms with Crippen LogP contribution in [0.25, 0.3) is 0 Å². The fraction of sp³-hybridized carbons (Fsp3) is 0.0811. The monoisotopic (exact) mass is 600 g/mol. The molecule has 0 aliphatic rings. The van der Waals surface area contributed by atoms with Crippen LogP contribution in [0.1, 0.15) is 43.0 Å². The molecular weight excluding hydrogens is 572 g/mol. The molecule has 224 valence electrons. The highest BCUT2D eigenvalue weighted by atomic mass is 16.6. The van der Waals surface area contributed by atoms with Gasteiger partial charge in [-0.2, -0.15) is 0 Å². The number of carbonyl (C=O) groups excluding carboxylic acids is 4. The maximum atomic E-state index is 12.6. The highest BCUT2D eigenvalue weighted by molar-refractivity contribution is 5.91. The Kier molecular flexibility index (Phi) is 11.2. The second-order valence-corrected chi connectivity index (χ2v) is 9.53. The molecule has 0 radical (unpaired) electrons. The van der Waals surface area contributed by atoms with Crippen LogP contribution in [0, 0.1) is 23.7 Å². The summed E-state index contributed by atoms with van der Waals surface area (Å²) in [6.45, 7) is 18.7. The minimum Gasteiger partial charge on any atom is -0.423 e. The summed E-state index contributed by atoms with van der Waals surface area (Å²) >= 11 is 0. The maximum Gasteiger partial charge on any atom is 0.338 e. The van der Waals surface area contributed by atoms with Gasteiger partial charge in [0.25, 0.3) is 0 Å². The quantitative estimate of drug-likeness (QED) is 0.134. The minimum absolute atomic E-state index is 0.0228. The summed E-state index contributed by atoms with van der Waals surface area (Å²) in [5.74, 6) is 9.73. The zero-order valence-electron chi connectivity index (χ0n) is 24.9. The SMILES string of the molecule is C=CC(=O)Oc1ccc(C#Cc2c(OC(=O)C(=C)C)cc(C#Cc3ccc(OC(=O)C(=C)C)cc3)cc2OC(=O)C(=C)C)cc1. The molecule has 0 saturated carbocycles. The summed E-state index contributed by atoms with van der Waals surface area (Å²) in [6, 6.07) is 15.8. The van der Waals surface area contributed by atoms with Crippen LogP contribution in [0.5, 0.6) is 23.0 Å². The van der Waals surface area contributed by atoms with Crippen molar-refractivity contribution in [2.24, 2.45) is 0 Å². The number of rotatable bonds is 8. The molecule has 3 aromatic carbocycles. The number of ether oxygens (including phenoxy) is 4. The van der Waals surface area contributed by atoms with E-state index in [2.05, 4.69) is 50.0 Å². The van der Waals surface area contributed by atoms with Crippen molar-refractivity contribution in [1.29, 1.82) is 0 Å². The molecule has 0 aromatic heterocycles. The Bertz CT molecular complexity index is 1800. The molecule has 8 nitrogen and oxygen atoms in total. The van der Waals surface area contributed by atoms with E-state index >= 15 is 0 Å². The molecule has 0 spiro atoms. The molecule has 3 rings (SSSR count).